The van der Waals surface area contributed by atoms with Gasteiger partial charge in [-0.3, -0.25) is 4.39 Å². The molecule has 3 unspecified atom stereocenters. The quantitative estimate of drug-likeness (QED) is 0.657. The lowest BCUT2D eigenvalue weighted by Crippen LogP contribution is -2.57. The molecule has 22 heavy (non-hydrogen) atoms. The maximum atomic E-state index is 14.0. The Morgan fingerprint density at radius 3 is 2.68 bits per heavy atom. The van der Waals surface area contributed by atoms with Crippen molar-refractivity contribution in [2.45, 2.75) is 64.6 Å². The molecule has 1 aliphatic heterocycles. The zero-order valence-corrected chi connectivity index (χ0v) is 14.0. The first-order valence-electron chi connectivity index (χ1n) is 9.11. The molecule has 4 aliphatic rings. The van der Waals surface area contributed by atoms with Gasteiger partial charge >= 0.3 is 0 Å². The van der Waals surface area contributed by atoms with Crippen LogP contribution in [-0.4, -0.2) is 25.7 Å². The second kappa shape index (κ2) is 5.04. The number of ether oxygens (including phenoxy) is 2. The van der Waals surface area contributed by atoms with Gasteiger partial charge in [0.1, 0.15) is 0 Å². The third kappa shape index (κ3) is 1.84. The van der Waals surface area contributed by atoms with Crippen LogP contribution in [-0.2, 0) is 9.47 Å². The monoisotopic (exact) mass is 308 g/mol. The molecule has 4 atom stereocenters. The second-order valence-electron chi connectivity index (χ2n) is 8.28. The summed E-state index contributed by atoms with van der Waals surface area (Å²) in [6, 6.07) is 0. The number of rotatable bonds is 1. The Balaban J connectivity index is 1.71. The highest BCUT2D eigenvalue weighted by atomic mass is 19.1. The van der Waals surface area contributed by atoms with Crippen molar-refractivity contribution in [3.63, 3.8) is 0 Å². The first-order valence-corrected chi connectivity index (χ1v) is 9.11. The fourth-order valence-electron chi connectivity index (χ4n) is 6.26. The zero-order valence-electron chi connectivity index (χ0n) is 14.0. The van der Waals surface area contributed by atoms with Gasteiger partial charge in [-0.1, -0.05) is 25.5 Å². The Hall–Kier alpha value is -0.410. The number of alkyl halides is 1. The number of allylic oxidation sites excluding steroid dienone is 2. The summed E-state index contributed by atoms with van der Waals surface area (Å²) in [6.07, 6.45) is 9.89. The summed E-state index contributed by atoms with van der Waals surface area (Å²) in [7, 11) is 0. The van der Waals surface area contributed by atoms with Crippen LogP contribution in [0, 0.1) is 22.7 Å². The molecule has 4 rings (SSSR count). The van der Waals surface area contributed by atoms with Gasteiger partial charge in [-0.2, -0.15) is 0 Å². The lowest BCUT2D eigenvalue weighted by molar-refractivity contribution is -0.244. The molecule has 0 N–H and O–H groups in total. The van der Waals surface area contributed by atoms with Crippen LogP contribution >= 0.6 is 0 Å². The minimum absolute atomic E-state index is 0.144. The highest BCUT2D eigenvalue weighted by molar-refractivity contribution is 5.30. The van der Waals surface area contributed by atoms with E-state index in [4.69, 9.17) is 9.47 Å². The first kappa shape index (κ1) is 15.1. The Morgan fingerprint density at radius 2 is 1.95 bits per heavy atom. The fourth-order valence-corrected chi connectivity index (χ4v) is 6.26. The van der Waals surface area contributed by atoms with Gasteiger partial charge in [0.2, 0.25) is 0 Å². The topological polar surface area (TPSA) is 18.5 Å². The number of hydrogen-bond donors (Lipinski definition) is 0. The average molecular weight is 308 g/mol. The molecule has 0 radical (unpaired) electrons. The van der Waals surface area contributed by atoms with E-state index in [1.54, 1.807) is 0 Å². The summed E-state index contributed by atoms with van der Waals surface area (Å²) in [5.74, 6) is 0.604. The lowest BCUT2D eigenvalue weighted by atomic mass is 9.46. The molecule has 1 spiro atoms. The molecule has 0 aromatic carbocycles. The smallest absolute Gasteiger partial charge is 0.171 e. The van der Waals surface area contributed by atoms with E-state index in [-0.39, 0.29) is 23.3 Å². The normalized spacial score (nSPS) is 47.0. The van der Waals surface area contributed by atoms with E-state index in [1.807, 2.05) is 0 Å². The molecule has 3 aliphatic carbocycles. The van der Waals surface area contributed by atoms with Gasteiger partial charge in [0, 0.05) is 17.8 Å². The van der Waals surface area contributed by atoms with E-state index >= 15 is 0 Å². The summed E-state index contributed by atoms with van der Waals surface area (Å²) in [4.78, 5) is 0. The summed E-state index contributed by atoms with van der Waals surface area (Å²) >= 11 is 0. The number of halogens is 1. The second-order valence-corrected chi connectivity index (χ2v) is 8.28. The maximum Gasteiger partial charge on any atom is 0.171 e. The van der Waals surface area contributed by atoms with Gasteiger partial charge in [-0.25, -0.2) is 0 Å². The molecule has 2 saturated carbocycles. The molecule has 124 valence electrons. The van der Waals surface area contributed by atoms with Gasteiger partial charge in [-0.15, -0.1) is 0 Å². The molecule has 3 heteroatoms. The van der Waals surface area contributed by atoms with Crippen molar-refractivity contribution in [1.82, 2.24) is 0 Å². The van der Waals surface area contributed by atoms with Crippen molar-refractivity contribution < 1.29 is 13.9 Å². The van der Waals surface area contributed by atoms with Gasteiger partial charge in [0.25, 0.3) is 0 Å². The Bertz CT molecular complexity index is 482. The van der Waals surface area contributed by atoms with E-state index in [1.165, 1.54) is 5.57 Å². The minimum Gasteiger partial charge on any atom is -0.347 e. The first-order chi connectivity index (χ1) is 10.6. The van der Waals surface area contributed by atoms with Crippen molar-refractivity contribution in [1.29, 1.82) is 0 Å². The molecule has 0 bridgehead atoms. The highest BCUT2D eigenvalue weighted by Crippen LogP contribution is 2.65. The molecular formula is C19H29FO2. The van der Waals surface area contributed by atoms with Crippen LogP contribution in [0.5, 0.6) is 0 Å². The van der Waals surface area contributed by atoms with Crippen molar-refractivity contribution in [3.8, 4) is 0 Å². The number of hydrogen-bond acceptors (Lipinski definition) is 2. The molecule has 0 aromatic rings. The number of fused-ring (bicyclic) bond motifs is 3. The van der Waals surface area contributed by atoms with Gasteiger partial charge in [0.15, 0.2) is 5.79 Å². The van der Waals surface area contributed by atoms with E-state index in [0.29, 0.717) is 11.8 Å². The maximum absolute atomic E-state index is 14.0. The summed E-state index contributed by atoms with van der Waals surface area (Å²) < 4.78 is 26.2. The van der Waals surface area contributed by atoms with E-state index in [2.05, 4.69) is 19.9 Å². The predicted molar refractivity (Wildman–Crippen MR) is 84.2 cm³/mol. The van der Waals surface area contributed by atoms with Gasteiger partial charge < -0.3 is 9.47 Å². The average Bonchev–Trinajstić information content (AvgIpc) is 3.02. The van der Waals surface area contributed by atoms with Crippen molar-refractivity contribution in [2.75, 3.05) is 19.9 Å². The Kier molecular flexibility index (Phi) is 3.47. The molecule has 0 aromatic heterocycles. The lowest BCUT2D eigenvalue weighted by Gasteiger charge is -2.60. The summed E-state index contributed by atoms with van der Waals surface area (Å²) in [5, 5.41) is 0. The molecular weight excluding hydrogens is 279 g/mol. The van der Waals surface area contributed by atoms with Crippen molar-refractivity contribution >= 4 is 0 Å². The van der Waals surface area contributed by atoms with Crippen molar-refractivity contribution in [2.24, 2.45) is 22.7 Å². The summed E-state index contributed by atoms with van der Waals surface area (Å²) in [5.41, 5.74) is 1.44. The van der Waals surface area contributed by atoms with Gasteiger partial charge in [-0.05, 0) is 49.9 Å². The van der Waals surface area contributed by atoms with Crippen LogP contribution in [0.3, 0.4) is 0 Å². The molecule has 2 nitrogen and oxygen atoms in total. The van der Waals surface area contributed by atoms with Crippen LogP contribution in [0.2, 0.25) is 0 Å². The van der Waals surface area contributed by atoms with Crippen LogP contribution < -0.4 is 0 Å². The predicted octanol–water partition coefficient (Wildman–Crippen LogP) is 4.64. The molecule has 1 heterocycles. The molecule has 0 amide bonds. The van der Waals surface area contributed by atoms with E-state index in [9.17, 15) is 4.39 Å². The molecule has 1 saturated heterocycles. The van der Waals surface area contributed by atoms with E-state index < -0.39 is 0 Å². The Morgan fingerprint density at radius 1 is 1.18 bits per heavy atom. The highest BCUT2D eigenvalue weighted by Gasteiger charge is 2.61. The van der Waals surface area contributed by atoms with E-state index in [0.717, 1.165) is 58.2 Å². The van der Waals surface area contributed by atoms with Crippen LogP contribution in [0.15, 0.2) is 11.6 Å². The van der Waals surface area contributed by atoms with Crippen LogP contribution in [0.1, 0.15) is 58.8 Å². The largest absolute Gasteiger partial charge is 0.347 e. The summed E-state index contributed by atoms with van der Waals surface area (Å²) in [6.45, 7) is 5.99. The third-order valence-corrected chi connectivity index (χ3v) is 7.47. The third-order valence-electron chi connectivity index (χ3n) is 7.47. The zero-order chi connectivity index (χ0) is 15.4. The molecule has 3 fully saturated rings. The standard InChI is InChI=1S/C19H29FO2/c1-14-15-6-8-18(13-20)7-4-3-5-16(18)17(15,2)9-10-19(14)21-11-12-22-19/h5,14-15H,3-4,6-13H2,1-2H3/t14?,15?,17-,18?/m0/s1. The van der Waals surface area contributed by atoms with Crippen molar-refractivity contribution in [3.05, 3.63) is 11.6 Å². The van der Waals surface area contributed by atoms with Crippen LogP contribution in [0.25, 0.3) is 0 Å². The SMILES string of the molecule is CC1C2CCC3(CF)CCCC=C3[C@@]2(C)CCC12OCCO2. The fraction of sp³-hybridized carbons (Fsp3) is 0.895. The van der Waals surface area contributed by atoms with Crippen LogP contribution in [0.4, 0.5) is 4.39 Å². The Labute approximate surface area is 133 Å². The van der Waals surface area contributed by atoms with Gasteiger partial charge in [0.05, 0.1) is 19.9 Å². The minimum atomic E-state index is -0.352.